The smallest absolute Gasteiger partial charge is 0.104 e. The summed E-state index contributed by atoms with van der Waals surface area (Å²) in [6.45, 7) is 3.83. The molecule has 1 aromatic rings. The lowest BCUT2D eigenvalue weighted by atomic mass is 10.1. The molecule has 0 heterocycles. The third-order valence-electron chi connectivity index (χ3n) is 3.65. The molecule has 0 aliphatic carbocycles. The van der Waals surface area contributed by atoms with Crippen LogP contribution in [-0.2, 0) is 13.1 Å². The zero-order chi connectivity index (χ0) is 15.2. The average molecular weight is 318 g/mol. The van der Waals surface area contributed by atoms with Crippen molar-refractivity contribution >= 4 is 0 Å². The summed E-state index contributed by atoms with van der Waals surface area (Å²) < 4.78 is 1.59. The molecular formula is C16H30ClN2O2+. The number of benzene rings is 1. The Morgan fingerprint density at radius 3 is 1.24 bits per heavy atom. The van der Waals surface area contributed by atoms with Gasteiger partial charge in [0.25, 0.3) is 0 Å². The van der Waals surface area contributed by atoms with Gasteiger partial charge in [-0.15, -0.1) is 0 Å². The van der Waals surface area contributed by atoms with Crippen molar-refractivity contribution in [1.82, 2.24) is 0 Å². The molecule has 0 aliphatic rings. The maximum absolute atomic E-state index is 9.06. The lowest BCUT2D eigenvalue weighted by Crippen LogP contribution is -3.00. The molecule has 0 amide bonds. The Bertz CT molecular complexity index is 366. The summed E-state index contributed by atoms with van der Waals surface area (Å²) in [6.07, 6.45) is 0. The molecule has 4 nitrogen and oxygen atoms in total. The van der Waals surface area contributed by atoms with Gasteiger partial charge in [0.05, 0.1) is 41.4 Å². The van der Waals surface area contributed by atoms with Crippen LogP contribution in [0.25, 0.3) is 0 Å². The van der Waals surface area contributed by atoms with Crippen LogP contribution in [0.2, 0.25) is 0 Å². The summed E-state index contributed by atoms with van der Waals surface area (Å²) in [5.74, 6) is 0. The standard InChI is InChI=1S/C16H30N2O2.ClH/c1-17(2,9-11-19)13-15-5-7-16(8-6-15)14-18(3,4)10-12-20;/h5-8,19-20H,9-14H2,1-4H3;1H/q+2;/p-1. The molecule has 0 fully saturated rings. The predicted octanol–water partition coefficient (Wildman–Crippen LogP) is -2.17. The Morgan fingerprint density at radius 2 is 1.00 bits per heavy atom. The van der Waals surface area contributed by atoms with Gasteiger partial charge in [-0.1, -0.05) is 24.3 Å². The first-order valence-corrected chi connectivity index (χ1v) is 7.21. The number of nitrogens with zero attached hydrogens (tertiary/aromatic N) is 2. The van der Waals surface area contributed by atoms with Gasteiger partial charge in [-0.2, -0.15) is 0 Å². The van der Waals surface area contributed by atoms with Crippen molar-refractivity contribution in [2.75, 3.05) is 54.5 Å². The Labute approximate surface area is 135 Å². The summed E-state index contributed by atoms with van der Waals surface area (Å²) in [7, 11) is 8.52. The molecule has 2 N–H and O–H groups in total. The minimum Gasteiger partial charge on any atom is -1.00 e. The van der Waals surface area contributed by atoms with E-state index in [9.17, 15) is 0 Å². The Kier molecular flexibility index (Phi) is 8.44. The van der Waals surface area contributed by atoms with Crippen LogP contribution < -0.4 is 12.4 Å². The third-order valence-corrected chi connectivity index (χ3v) is 3.65. The van der Waals surface area contributed by atoms with Gasteiger partial charge in [-0.05, 0) is 0 Å². The Morgan fingerprint density at radius 1 is 0.714 bits per heavy atom. The highest BCUT2D eigenvalue weighted by atomic mass is 35.5. The molecule has 0 saturated heterocycles. The lowest BCUT2D eigenvalue weighted by Gasteiger charge is -2.30. The van der Waals surface area contributed by atoms with Gasteiger partial charge in [0.1, 0.15) is 26.2 Å². The second kappa shape index (κ2) is 8.71. The van der Waals surface area contributed by atoms with E-state index in [0.717, 1.165) is 35.1 Å². The van der Waals surface area contributed by atoms with Crippen LogP contribution in [0.5, 0.6) is 0 Å². The van der Waals surface area contributed by atoms with Gasteiger partial charge in [-0.3, -0.25) is 0 Å². The summed E-state index contributed by atoms with van der Waals surface area (Å²) in [4.78, 5) is 0. The number of halogens is 1. The second-order valence-electron chi connectivity index (χ2n) is 6.90. The maximum atomic E-state index is 9.06. The first-order chi connectivity index (χ1) is 9.28. The van der Waals surface area contributed by atoms with E-state index in [2.05, 4.69) is 52.5 Å². The van der Waals surface area contributed by atoms with Gasteiger partial charge in [-0.25, -0.2) is 0 Å². The molecule has 5 heteroatoms. The number of quaternary nitrogens is 2. The molecule has 0 spiro atoms. The van der Waals surface area contributed by atoms with Gasteiger partial charge in [0, 0.05) is 11.1 Å². The van der Waals surface area contributed by atoms with E-state index >= 15 is 0 Å². The van der Waals surface area contributed by atoms with Crippen LogP contribution in [0.3, 0.4) is 0 Å². The topological polar surface area (TPSA) is 40.5 Å². The number of likely N-dealkylation sites (N-methyl/N-ethyl adjacent to an activating group) is 2. The molecule has 0 saturated carbocycles. The molecule has 21 heavy (non-hydrogen) atoms. The van der Waals surface area contributed by atoms with Crippen LogP contribution in [0.4, 0.5) is 0 Å². The SMILES string of the molecule is C[N+](C)(CCO)Cc1ccc(C[N+](C)(C)CCO)cc1.[Cl-]. The van der Waals surface area contributed by atoms with Crippen LogP contribution in [0.1, 0.15) is 11.1 Å². The largest absolute Gasteiger partial charge is 1.00 e. The van der Waals surface area contributed by atoms with E-state index in [1.807, 2.05) is 0 Å². The summed E-state index contributed by atoms with van der Waals surface area (Å²) >= 11 is 0. The lowest BCUT2D eigenvalue weighted by molar-refractivity contribution is -0.904. The number of aliphatic hydroxyl groups excluding tert-OH is 2. The van der Waals surface area contributed by atoms with Crippen LogP contribution in [0.15, 0.2) is 24.3 Å². The first kappa shape index (κ1) is 20.3. The minimum atomic E-state index is 0. The van der Waals surface area contributed by atoms with Crippen molar-refractivity contribution < 1.29 is 31.6 Å². The Balaban J connectivity index is 0.00000400. The molecule has 0 aromatic heterocycles. The molecule has 0 aliphatic heterocycles. The number of hydrogen-bond acceptors (Lipinski definition) is 2. The molecule has 122 valence electrons. The minimum absolute atomic E-state index is 0. The van der Waals surface area contributed by atoms with E-state index in [1.54, 1.807) is 0 Å². The molecule has 0 bridgehead atoms. The van der Waals surface area contributed by atoms with Crippen LogP contribution in [-0.4, -0.2) is 73.7 Å². The average Bonchev–Trinajstić information content (AvgIpc) is 2.30. The van der Waals surface area contributed by atoms with Crippen molar-refractivity contribution in [1.29, 1.82) is 0 Å². The second-order valence-corrected chi connectivity index (χ2v) is 6.90. The van der Waals surface area contributed by atoms with Gasteiger partial charge < -0.3 is 31.6 Å². The van der Waals surface area contributed by atoms with Gasteiger partial charge in [0.15, 0.2) is 0 Å². The predicted molar refractivity (Wildman–Crippen MR) is 82.0 cm³/mol. The monoisotopic (exact) mass is 317 g/mol. The van der Waals surface area contributed by atoms with E-state index in [0.29, 0.717) is 0 Å². The van der Waals surface area contributed by atoms with Crippen molar-refractivity contribution in [2.45, 2.75) is 13.1 Å². The summed E-state index contributed by atoms with van der Waals surface area (Å²) in [5, 5.41) is 18.1. The van der Waals surface area contributed by atoms with Crippen molar-refractivity contribution in [3.63, 3.8) is 0 Å². The normalized spacial score (nSPS) is 12.1. The van der Waals surface area contributed by atoms with Crippen molar-refractivity contribution in [3.8, 4) is 0 Å². The Hall–Kier alpha value is -0.650. The van der Waals surface area contributed by atoms with Gasteiger partial charge in [0.2, 0.25) is 0 Å². The van der Waals surface area contributed by atoms with E-state index in [4.69, 9.17) is 10.2 Å². The third kappa shape index (κ3) is 7.79. The van der Waals surface area contributed by atoms with Crippen molar-refractivity contribution in [3.05, 3.63) is 35.4 Å². The molecule has 0 unspecified atom stereocenters. The number of rotatable bonds is 8. The summed E-state index contributed by atoms with van der Waals surface area (Å²) in [6, 6.07) is 8.69. The summed E-state index contributed by atoms with van der Waals surface area (Å²) in [5.41, 5.74) is 2.58. The molecule has 1 aromatic carbocycles. The fourth-order valence-corrected chi connectivity index (χ4v) is 2.44. The number of hydrogen-bond donors (Lipinski definition) is 2. The van der Waals surface area contributed by atoms with Crippen LogP contribution >= 0.6 is 0 Å². The van der Waals surface area contributed by atoms with Crippen LogP contribution in [0, 0.1) is 0 Å². The fraction of sp³-hybridized carbons (Fsp3) is 0.625. The van der Waals surface area contributed by atoms with Crippen molar-refractivity contribution in [2.24, 2.45) is 0 Å². The highest BCUT2D eigenvalue weighted by molar-refractivity contribution is 5.21. The molecular weight excluding hydrogens is 288 g/mol. The quantitative estimate of drug-likeness (QED) is 0.536. The van der Waals surface area contributed by atoms with Gasteiger partial charge >= 0.3 is 0 Å². The van der Waals surface area contributed by atoms with E-state index in [-0.39, 0.29) is 25.6 Å². The fourth-order valence-electron chi connectivity index (χ4n) is 2.44. The highest BCUT2D eigenvalue weighted by Crippen LogP contribution is 2.13. The van der Waals surface area contributed by atoms with E-state index in [1.165, 1.54) is 11.1 Å². The van der Waals surface area contributed by atoms with E-state index < -0.39 is 0 Å². The highest BCUT2D eigenvalue weighted by Gasteiger charge is 2.17. The molecule has 0 atom stereocenters. The zero-order valence-electron chi connectivity index (χ0n) is 13.7. The molecule has 0 radical (unpaired) electrons. The maximum Gasteiger partial charge on any atom is 0.104 e. The molecule has 1 rings (SSSR count). The first-order valence-electron chi connectivity index (χ1n) is 7.21. The zero-order valence-corrected chi connectivity index (χ0v) is 14.5. The number of aliphatic hydroxyl groups is 2.